The van der Waals surface area contributed by atoms with Crippen molar-refractivity contribution in [2.45, 2.75) is 166 Å². The first kappa shape index (κ1) is 57.6. The third-order valence-corrected chi connectivity index (χ3v) is 11.1. The Labute approximate surface area is 376 Å². The summed E-state index contributed by atoms with van der Waals surface area (Å²) in [5.74, 6) is -3.12. The Morgan fingerprint density at radius 1 is 0.714 bits per heavy atom. The molecule has 0 saturated heterocycles. The van der Waals surface area contributed by atoms with Gasteiger partial charge in [-0.1, -0.05) is 125 Å². The number of carboxylic acid groups (broad SMARTS) is 1. The maximum absolute atomic E-state index is 12.7. The molecular weight excluding hydrogens is 829 g/mol. The predicted molar refractivity (Wildman–Crippen MR) is 246 cm³/mol. The number of carboxylic acids is 1. The number of carbonyl (C=O) groups is 3. The van der Waals surface area contributed by atoms with Crippen molar-refractivity contribution in [1.82, 2.24) is 0 Å². The number of carbonyl (C=O) groups excluding carboxylic acids is 2. The van der Waals surface area contributed by atoms with Gasteiger partial charge in [0.2, 0.25) is 0 Å². The monoisotopic (exact) mass is 908 g/mol. The van der Waals surface area contributed by atoms with Crippen LogP contribution < -0.4 is 5.73 Å². The van der Waals surface area contributed by atoms with Crippen LogP contribution >= 0.6 is 7.82 Å². The van der Waals surface area contributed by atoms with E-state index in [4.69, 9.17) is 24.8 Å². The second kappa shape index (κ2) is 36.8. The Morgan fingerprint density at radius 3 is 1.94 bits per heavy atom. The van der Waals surface area contributed by atoms with E-state index in [1.807, 2.05) is 18.2 Å². The maximum Gasteiger partial charge on any atom is 0.472 e. The minimum Gasteiger partial charge on any atom is -0.480 e. The van der Waals surface area contributed by atoms with Crippen LogP contribution in [0.15, 0.2) is 85.1 Å². The highest BCUT2D eigenvalue weighted by Crippen LogP contribution is 2.43. The molecule has 1 rings (SSSR count). The Balaban J connectivity index is 2.51. The molecule has 0 aromatic heterocycles. The second-order valence-corrected chi connectivity index (χ2v) is 17.2. The van der Waals surface area contributed by atoms with Crippen molar-refractivity contribution in [2.75, 3.05) is 19.8 Å². The van der Waals surface area contributed by atoms with E-state index in [-0.39, 0.29) is 31.1 Å². The third kappa shape index (κ3) is 31.1. The normalized spacial score (nSPS) is 20.9. The SMILES string of the molecule is CC/C=C\C/C=C\C/C=C\C/C=C\C/C=C\CCCCCC(=O)O[C@H](COC(=O)CCC/C=C/C[C@@H]1[C@@H](/C=C/[C@@H](O)CCCCC)[C@H](O)C[C@@H]1O)COP(=O)(O)OC[C@H](N)C(=O)O. The Morgan fingerprint density at radius 2 is 1.30 bits per heavy atom. The summed E-state index contributed by atoms with van der Waals surface area (Å²) in [7, 11) is -4.80. The van der Waals surface area contributed by atoms with Gasteiger partial charge < -0.3 is 40.5 Å². The van der Waals surface area contributed by atoms with E-state index in [2.05, 4.69) is 79.1 Å². The van der Waals surface area contributed by atoms with E-state index in [0.29, 0.717) is 32.1 Å². The van der Waals surface area contributed by atoms with Crippen molar-refractivity contribution in [1.29, 1.82) is 0 Å². The van der Waals surface area contributed by atoms with Crippen LogP contribution in [-0.2, 0) is 37.5 Å². The molecule has 0 radical (unpaired) electrons. The summed E-state index contributed by atoms with van der Waals surface area (Å²) in [6.45, 7) is 2.29. The van der Waals surface area contributed by atoms with Crippen LogP contribution in [-0.4, -0.2) is 93.5 Å². The lowest BCUT2D eigenvalue weighted by Gasteiger charge is -2.20. The number of esters is 2. The minimum atomic E-state index is -4.80. The van der Waals surface area contributed by atoms with E-state index < -0.39 is 76.0 Å². The van der Waals surface area contributed by atoms with Gasteiger partial charge in [-0.2, -0.15) is 0 Å². The van der Waals surface area contributed by atoms with Gasteiger partial charge in [0.25, 0.3) is 0 Å². The summed E-state index contributed by atoms with van der Waals surface area (Å²) in [5.41, 5.74) is 5.33. The molecule has 0 amide bonds. The average Bonchev–Trinajstić information content (AvgIpc) is 3.52. The number of aliphatic carboxylic acids is 1. The van der Waals surface area contributed by atoms with E-state index in [9.17, 15) is 39.2 Å². The van der Waals surface area contributed by atoms with E-state index in [1.54, 1.807) is 6.08 Å². The molecule has 14 nitrogen and oxygen atoms in total. The summed E-state index contributed by atoms with van der Waals surface area (Å²) >= 11 is 0. The number of phosphoric ester groups is 1. The molecular formula is C48H78NO13P. The molecule has 0 aliphatic heterocycles. The van der Waals surface area contributed by atoms with Crippen LogP contribution in [0.3, 0.4) is 0 Å². The Bertz CT molecular complexity index is 1510. The highest BCUT2D eigenvalue weighted by atomic mass is 31.2. The second-order valence-electron chi connectivity index (χ2n) is 15.8. The fourth-order valence-corrected chi connectivity index (χ4v) is 7.33. The molecule has 1 unspecified atom stereocenters. The van der Waals surface area contributed by atoms with Crippen molar-refractivity contribution < 1.29 is 62.8 Å². The van der Waals surface area contributed by atoms with E-state index in [1.165, 1.54) is 0 Å². The molecule has 15 heteroatoms. The molecule has 1 fully saturated rings. The van der Waals surface area contributed by atoms with Crippen LogP contribution in [0.25, 0.3) is 0 Å². The summed E-state index contributed by atoms with van der Waals surface area (Å²) in [5, 5.41) is 40.2. The number of hydrogen-bond donors (Lipinski definition) is 6. The molecule has 8 atom stereocenters. The van der Waals surface area contributed by atoms with E-state index in [0.717, 1.165) is 70.6 Å². The lowest BCUT2D eigenvalue weighted by Crippen LogP contribution is -2.34. The number of hydrogen-bond acceptors (Lipinski definition) is 12. The molecule has 0 bridgehead atoms. The summed E-state index contributed by atoms with van der Waals surface area (Å²) in [6.07, 6.45) is 38.9. The smallest absolute Gasteiger partial charge is 0.472 e. The fraction of sp³-hybridized carbons (Fsp3) is 0.646. The highest BCUT2D eigenvalue weighted by molar-refractivity contribution is 7.47. The van der Waals surface area contributed by atoms with Gasteiger partial charge in [0, 0.05) is 25.2 Å². The van der Waals surface area contributed by atoms with Crippen molar-refractivity contribution >= 4 is 25.7 Å². The van der Waals surface area contributed by atoms with Gasteiger partial charge >= 0.3 is 25.7 Å². The number of ether oxygens (including phenoxy) is 2. The molecule has 1 aliphatic carbocycles. The van der Waals surface area contributed by atoms with Crippen LogP contribution in [0.4, 0.5) is 0 Å². The lowest BCUT2D eigenvalue weighted by molar-refractivity contribution is -0.161. The first-order valence-electron chi connectivity index (χ1n) is 22.9. The quantitative estimate of drug-likeness (QED) is 0.0148. The molecule has 0 heterocycles. The zero-order valence-corrected chi connectivity index (χ0v) is 38.6. The molecule has 63 heavy (non-hydrogen) atoms. The highest BCUT2D eigenvalue weighted by Gasteiger charge is 2.39. The molecule has 0 aromatic rings. The van der Waals surface area contributed by atoms with Gasteiger partial charge in [-0.05, 0) is 83.0 Å². The number of rotatable bonds is 37. The first-order chi connectivity index (χ1) is 30.3. The van der Waals surface area contributed by atoms with Gasteiger partial charge in [0.1, 0.15) is 12.6 Å². The third-order valence-electron chi connectivity index (χ3n) is 10.2. The Hall–Kier alpha value is -3.46. The van der Waals surface area contributed by atoms with Crippen LogP contribution in [0.2, 0.25) is 0 Å². The largest absolute Gasteiger partial charge is 0.480 e. The van der Waals surface area contributed by atoms with Crippen molar-refractivity contribution in [3.05, 3.63) is 85.1 Å². The summed E-state index contributed by atoms with van der Waals surface area (Å²) in [6, 6.07) is -1.57. The first-order valence-corrected chi connectivity index (χ1v) is 24.4. The lowest BCUT2D eigenvalue weighted by atomic mass is 9.89. The zero-order chi connectivity index (χ0) is 46.6. The zero-order valence-electron chi connectivity index (χ0n) is 37.7. The topological polar surface area (TPSA) is 232 Å². The molecule has 358 valence electrons. The van der Waals surface area contributed by atoms with Crippen molar-refractivity contribution in [2.24, 2.45) is 17.6 Å². The maximum atomic E-state index is 12.7. The van der Waals surface area contributed by atoms with Gasteiger partial charge in [-0.3, -0.25) is 23.4 Å². The molecule has 0 aromatic carbocycles. The standard InChI is InChI=1S/C48H78NO13P/c1-3-5-7-8-9-10-11-12-13-14-15-16-17-18-19-20-21-22-28-32-47(54)62-40(37-60-63(57,58)61-38-43(49)48(55)56)36-59-46(53)31-27-24-23-26-30-41-42(45(52)35-44(41)51)34-33-39(50)29-25-6-4-2/h5,7,9-10,12-13,15-16,18-19,23,26,33-34,39-45,50-52H,3-4,6,8,11,14,17,20-22,24-25,27-32,35-38,49H2,1-2H3,(H,55,56)(H,57,58)/b7-5-,10-9-,13-12-,16-15-,19-18-,26-23+,34-33+/t39-,40+,41+,42+,43-,44-,45+/m0/s1. The van der Waals surface area contributed by atoms with Crippen LogP contribution in [0, 0.1) is 11.8 Å². The van der Waals surface area contributed by atoms with Gasteiger partial charge in [0.05, 0.1) is 31.5 Å². The molecule has 1 saturated carbocycles. The predicted octanol–water partition coefficient (Wildman–Crippen LogP) is 8.66. The van der Waals surface area contributed by atoms with Crippen molar-refractivity contribution in [3.63, 3.8) is 0 Å². The van der Waals surface area contributed by atoms with Gasteiger partial charge in [-0.15, -0.1) is 0 Å². The fourth-order valence-electron chi connectivity index (χ4n) is 6.55. The Kier molecular flexibility index (Phi) is 33.7. The number of phosphoric acid groups is 1. The van der Waals surface area contributed by atoms with E-state index >= 15 is 0 Å². The number of aliphatic hydroxyl groups excluding tert-OH is 3. The summed E-state index contributed by atoms with van der Waals surface area (Å²) < 4.78 is 32.7. The number of aliphatic hydroxyl groups is 3. The van der Waals surface area contributed by atoms with Crippen LogP contribution in [0.5, 0.6) is 0 Å². The number of unbranched alkanes of at least 4 members (excludes halogenated alkanes) is 6. The molecule has 0 spiro atoms. The van der Waals surface area contributed by atoms with Crippen LogP contribution in [0.1, 0.15) is 136 Å². The number of allylic oxidation sites excluding steroid dienone is 12. The minimum absolute atomic E-state index is 0.0322. The molecule has 1 aliphatic rings. The average molecular weight is 908 g/mol. The van der Waals surface area contributed by atoms with Crippen molar-refractivity contribution in [3.8, 4) is 0 Å². The number of nitrogens with two attached hydrogens (primary N) is 1. The van der Waals surface area contributed by atoms with Gasteiger partial charge in [0.15, 0.2) is 6.10 Å². The summed E-state index contributed by atoms with van der Waals surface area (Å²) in [4.78, 5) is 46.2. The van der Waals surface area contributed by atoms with Gasteiger partial charge in [-0.25, -0.2) is 4.57 Å². The molecule has 7 N–H and O–H groups in total.